The van der Waals surface area contributed by atoms with E-state index in [1.54, 1.807) is 30.3 Å². The van der Waals surface area contributed by atoms with Crippen LogP contribution in [0.5, 0.6) is 0 Å². The number of nitrogens with one attached hydrogen (secondary N) is 2. The molecule has 0 spiro atoms. The molecule has 1 aromatic rings. The Bertz CT molecular complexity index is 417. The van der Waals surface area contributed by atoms with Crippen molar-refractivity contribution in [2.24, 2.45) is 0 Å². The maximum absolute atomic E-state index is 11.4. The number of hydrazine groups is 1. The molecule has 6 nitrogen and oxygen atoms in total. The Kier molecular flexibility index (Phi) is 4.83. The zero-order chi connectivity index (χ0) is 12.7. The SMILES string of the molecule is CCC(=O)C(=O)ONNC(=O)c1ccccc1. The number of hydrogen-bond acceptors (Lipinski definition) is 5. The summed E-state index contributed by atoms with van der Waals surface area (Å²) in [6, 6.07) is 8.35. The largest absolute Gasteiger partial charge is 0.394 e. The van der Waals surface area contributed by atoms with Crippen LogP contribution in [0.2, 0.25) is 0 Å². The number of hydrogen-bond donors (Lipinski definition) is 2. The van der Waals surface area contributed by atoms with Crippen molar-refractivity contribution < 1.29 is 19.2 Å². The highest BCUT2D eigenvalue weighted by Crippen LogP contribution is 1.96. The summed E-state index contributed by atoms with van der Waals surface area (Å²) in [4.78, 5) is 37.5. The number of Topliss-reactive ketones (excluding diaryl/α,β-unsaturated/α-hetero) is 1. The second-order valence-electron chi connectivity index (χ2n) is 3.09. The summed E-state index contributed by atoms with van der Waals surface area (Å²) in [5, 5.41) is 0. The van der Waals surface area contributed by atoms with Crippen molar-refractivity contribution in [1.82, 2.24) is 11.0 Å². The van der Waals surface area contributed by atoms with Crippen molar-refractivity contribution in [2.75, 3.05) is 0 Å². The fourth-order valence-electron chi connectivity index (χ4n) is 0.981. The minimum Gasteiger partial charge on any atom is -0.344 e. The molecule has 0 aliphatic rings. The maximum atomic E-state index is 11.4. The molecular weight excluding hydrogens is 224 g/mol. The third-order valence-corrected chi connectivity index (χ3v) is 1.89. The summed E-state index contributed by atoms with van der Waals surface area (Å²) in [7, 11) is 0. The third-order valence-electron chi connectivity index (χ3n) is 1.89. The molecule has 0 aliphatic carbocycles. The first kappa shape index (κ1) is 12.9. The van der Waals surface area contributed by atoms with Gasteiger partial charge in [0.25, 0.3) is 5.91 Å². The first-order valence-corrected chi connectivity index (χ1v) is 4.99. The first-order valence-electron chi connectivity index (χ1n) is 4.99. The average molecular weight is 236 g/mol. The van der Waals surface area contributed by atoms with Gasteiger partial charge in [-0.2, -0.15) is 0 Å². The zero-order valence-corrected chi connectivity index (χ0v) is 9.23. The standard InChI is InChI=1S/C11H12N2O4/c1-2-9(14)11(16)17-13-12-10(15)8-6-4-3-5-7-8/h3-7,13H,2H2,1H3,(H,12,15). The van der Waals surface area contributed by atoms with Crippen molar-refractivity contribution in [3.63, 3.8) is 0 Å². The van der Waals surface area contributed by atoms with Crippen LogP contribution in [-0.4, -0.2) is 17.7 Å². The molecule has 0 aromatic heterocycles. The quantitative estimate of drug-likeness (QED) is 0.569. The number of amides is 1. The van der Waals surface area contributed by atoms with Crippen molar-refractivity contribution in [3.05, 3.63) is 35.9 Å². The van der Waals surface area contributed by atoms with Gasteiger partial charge in [0.2, 0.25) is 5.78 Å². The van der Waals surface area contributed by atoms with Gasteiger partial charge < -0.3 is 4.84 Å². The van der Waals surface area contributed by atoms with Crippen LogP contribution in [0.25, 0.3) is 0 Å². The van der Waals surface area contributed by atoms with Gasteiger partial charge in [-0.3, -0.25) is 15.0 Å². The molecule has 0 radical (unpaired) electrons. The number of carbonyl (C=O) groups excluding carboxylic acids is 3. The van der Waals surface area contributed by atoms with E-state index >= 15 is 0 Å². The normalized spacial score (nSPS) is 9.47. The number of carbonyl (C=O) groups is 3. The van der Waals surface area contributed by atoms with Crippen molar-refractivity contribution in [3.8, 4) is 0 Å². The minimum absolute atomic E-state index is 0.0488. The second kappa shape index (κ2) is 6.39. The molecule has 1 amide bonds. The molecular formula is C11H12N2O4. The van der Waals surface area contributed by atoms with E-state index in [1.807, 2.05) is 5.59 Å². The molecule has 0 aliphatic heterocycles. The van der Waals surface area contributed by atoms with Crippen molar-refractivity contribution >= 4 is 17.7 Å². The van der Waals surface area contributed by atoms with Gasteiger partial charge >= 0.3 is 5.97 Å². The van der Waals surface area contributed by atoms with E-state index in [1.165, 1.54) is 6.92 Å². The molecule has 1 rings (SSSR count). The van der Waals surface area contributed by atoms with E-state index in [0.29, 0.717) is 5.56 Å². The number of ketones is 1. The minimum atomic E-state index is -1.04. The Balaban J connectivity index is 2.35. The van der Waals surface area contributed by atoms with Crippen LogP contribution < -0.4 is 11.0 Å². The molecule has 0 unspecified atom stereocenters. The van der Waals surface area contributed by atoms with Gasteiger partial charge in [0.15, 0.2) is 0 Å². The van der Waals surface area contributed by atoms with E-state index in [4.69, 9.17) is 0 Å². The Morgan fingerprint density at radius 2 is 1.82 bits per heavy atom. The fourth-order valence-corrected chi connectivity index (χ4v) is 0.981. The Labute approximate surface area is 97.9 Å². The molecule has 1 aromatic carbocycles. The molecule has 0 heterocycles. The number of benzene rings is 1. The molecule has 17 heavy (non-hydrogen) atoms. The fraction of sp³-hybridized carbons (Fsp3) is 0.182. The van der Waals surface area contributed by atoms with Crippen molar-refractivity contribution in [2.45, 2.75) is 13.3 Å². The molecule has 0 saturated carbocycles. The lowest BCUT2D eigenvalue weighted by Crippen LogP contribution is -2.40. The van der Waals surface area contributed by atoms with E-state index < -0.39 is 17.7 Å². The summed E-state index contributed by atoms with van der Waals surface area (Å²) in [6.07, 6.45) is 0.0488. The van der Waals surface area contributed by atoms with Crippen LogP contribution in [0, 0.1) is 0 Å². The summed E-state index contributed by atoms with van der Waals surface area (Å²) in [6.45, 7) is 1.53. The maximum Gasteiger partial charge on any atom is 0.394 e. The zero-order valence-electron chi connectivity index (χ0n) is 9.23. The van der Waals surface area contributed by atoms with Gasteiger partial charge in [0.1, 0.15) is 0 Å². The predicted octanol–water partition coefficient (Wildman–Crippen LogP) is 0.358. The summed E-state index contributed by atoms with van der Waals surface area (Å²) < 4.78 is 0. The van der Waals surface area contributed by atoms with Crippen LogP contribution in [0.3, 0.4) is 0 Å². The Morgan fingerprint density at radius 3 is 2.41 bits per heavy atom. The molecule has 0 fully saturated rings. The van der Waals surface area contributed by atoms with E-state index in [2.05, 4.69) is 10.3 Å². The summed E-state index contributed by atoms with van der Waals surface area (Å²) in [5.41, 5.74) is 4.45. The molecule has 6 heteroatoms. The lowest BCUT2D eigenvalue weighted by Gasteiger charge is -2.06. The van der Waals surface area contributed by atoms with Crippen LogP contribution in [-0.2, 0) is 14.4 Å². The first-order chi connectivity index (χ1) is 8.15. The van der Waals surface area contributed by atoms with E-state index in [9.17, 15) is 14.4 Å². The van der Waals surface area contributed by atoms with Gasteiger partial charge in [0, 0.05) is 12.0 Å². The smallest absolute Gasteiger partial charge is 0.344 e. The van der Waals surface area contributed by atoms with Gasteiger partial charge in [-0.25, -0.2) is 4.79 Å². The van der Waals surface area contributed by atoms with E-state index in [-0.39, 0.29) is 6.42 Å². The van der Waals surface area contributed by atoms with E-state index in [0.717, 1.165) is 0 Å². The third kappa shape index (κ3) is 4.04. The highest BCUT2D eigenvalue weighted by Gasteiger charge is 2.13. The van der Waals surface area contributed by atoms with Gasteiger partial charge in [-0.1, -0.05) is 30.7 Å². The summed E-state index contributed by atoms with van der Waals surface area (Å²) >= 11 is 0. The Morgan fingerprint density at radius 1 is 1.18 bits per heavy atom. The molecule has 90 valence electrons. The highest BCUT2D eigenvalue weighted by molar-refractivity contribution is 6.33. The topological polar surface area (TPSA) is 84.5 Å². The second-order valence-corrected chi connectivity index (χ2v) is 3.09. The monoisotopic (exact) mass is 236 g/mol. The number of rotatable bonds is 5. The molecule has 2 N–H and O–H groups in total. The lowest BCUT2D eigenvalue weighted by atomic mass is 10.2. The average Bonchev–Trinajstić information content (AvgIpc) is 2.38. The highest BCUT2D eigenvalue weighted by atomic mass is 16.7. The van der Waals surface area contributed by atoms with Crippen molar-refractivity contribution in [1.29, 1.82) is 0 Å². The summed E-state index contributed by atoms with van der Waals surface area (Å²) in [5.74, 6) is -2.19. The molecule has 0 atom stereocenters. The lowest BCUT2D eigenvalue weighted by molar-refractivity contribution is -0.160. The van der Waals surface area contributed by atoms with Gasteiger partial charge in [0.05, 0.1) is 0 Å². The van der Waals surface area contributed by atoms with Gasteiger partial charge in [-0.05, 0) is 12.1 Å². The van der Waals surface area contributed by atoms with Crippen LogP contribution >= 0.6 is 0 Å². The predicted molar refractivity (Wildman–Crippen MR) is 58.4 cm³/mol. The van der Waals surface area contributed by atoms with Crippen LogP contribution in [0.1, 0.15) is 23.7 Å². The van der Waals surface area contributed by atoms with Gasteiger partial charge in [-0.15, -0.1) is 0 Å². The molecule has 0 saturated heterocycles. The van der Waals surface area contributed by atoms with Crippen LogP contribution in [0.15, 0.2) is 30.3 Å². The molecule has 0 bridgehead atoms. The van der Waals surface area contributed by atoms with Crippen LogP contribution in [0.4, 0.5) is 0 Å². The Hall–Kier alpha value is -2.21.